The van der Waals surface area contributed by atoms with Gasteiger partial charge in [-0.2, -0.15) is 0 Å². The minimum absolute atomic E-state index is 0.304. The van der Waals surface area contributed by atoms with E-state index in [2.05, 4.69) is 22.1 Å². The van der Waals surface area contributed by atoms with E-state index in [1.807, 2.05) is 11.5 Å². The number of ether oxygens (including phenoxy) is 1. The first kappa shape index (κ1) is 13.0. The lowest BCUT2D eigenvalue weighted by molar-refractivity contribution is 0.0504. The van der Waals surface area contributed by atoms with Crippen LogP contribution in [0.1, 0.15) is 36.2 Å². The standard InChI is InChI=1S/C12H20N4O2/c1-4-18-12(17)11-14-13-9(2)16(11)8-7-15(3)10-5-6-10/h10H,4-8H2,1-3H3. The van der Waals surface area contributed by atoms with Gasteiger partial charge in [0, 0.05) is 19.1 Å². The van der Waals surface area contributed by atoms with Gasteiger partial charge in [-0.05, 0) is 33.7 Å². The second-order valence-electron chi connectivity index (χ2n) is 4.65. The Bertz CT molecular complexity index is 426. The molecule has 100 valence electrons. The van der Waals surface area contributed by atoms with Crippen LogP contribution in [0, 0.1) is 6.92 Å². The van der Waals surface area contributed by atoms with Crippen LogP contribution in [0.4, 0.5) is 0 Å². The molecule has 6 heteroatoms. The third-order valence-corrected chi connectivity index (χ3v) is 3.24. The third-order valence-electron chi connectivity index (χ3n) is 3.24. The Morgan fingerprint density at radius 2 is 2.22 bits per heavy atom. The largest absolute Gasteiger partial charge is 0.460 e. The van der Waals surface area contributed by atoms with Crippen molar-refractivity contribution in [2.24, 2.45) is 0 Å². The summed E-state index contributed by atoms with van der Waals surface area (Å²) in [5.41, 5.74) is 0. The van der Waals surface area contributed by atoms with Crippen molar-refractivity contribution in [1.29, 1.82) is 0 Å². The Morgan fingerprint density at radius 3 is 2.83 bits per heavy atom. The van der Waals surface area contributed by atoms with Gasteiger partial charge in [0.15, 0.2) is 0 Å². The van der Waals surface area contributed by atoms with Gasteiger partial charge in [-0.25, -0.2) is 4.79 Å². The molecule has 1 heterocycles. The van der Waals surface area contributed by atoms with Gasteiger partial charge < -0.3 is 14.2 Å². The molecule has 2 rings (SSSR count). The summed E-state index contributed by atoms with van der Waals surface area (Å²) in [7, 11) is 2.11. The number of nitrogens with zero attached hydrogens (tertiary/aromatic N) is 4. The van der Waals surface area contributed by atoms with Crippen LogP contribution in [0.15, 0.2) is 0 Å². The minimum atomic E-state index is -0.396. The number of likely N-dealkylation sites (N-methyl/N-ethyl adjacent to an activating group) is 1. The molecule has 1 aliphatic rings. The Balaban J connectivity index is 2.01. The second-order valence-corrected chi connectivity index (χ2v) is 4.65. The molecule has 0 unspecified atom stereocenters. The van der Waals surface area contributed by atoms with Crippen molar-refractivity contribution >= 4 is 5.97 Å². The highest BCUT2D eigenvalue weighted by molar-refractivity contribution is 5.85. The first-order chi connectivity index (χ1) is 8.63. The van der Waals surface area contributed by atoms with Crippen LogP contribution in [-0.4, -0.2) is 51.9 Å². The van der Waals surface area contributed by atoms with Gasteiger partial charge in [-0.15, -0.1) is 10.2 Å². The summed E-state index contributed by atoms with van der Waals surface area (Å²) < 4.78 is 6.80. The van der Waals surface area contributed by atoms with Crippen molar-refractivity contribution in [2.45, 2.75) is 39.3 Å². The van der Waals surface area contributed by atoms with Crippen molar-refractivity contribution in [3.05, 3.63) is 11.6 Å². The average Bonchev–Trinajstić information content (AvgIpc) is 3.11. The number of esters is 1. The molecular formula is C12H20N4O2. The Hall–Kier alpha value is -1.43. The molecule has 0 saturated heterocycles. The van der Waals surface area contributed by atoms with Crippen molar-refractivity contribution < 1.29 is 9.53 Å². The van der Waals surface area contributed by atoms with E-state index in [1.165, 1.54) is 12.8 Å². The summed E-state index contributed by atoms with van der Waals surface area (Å²) in [5, 5.41) is 7.84. The molecule has 1 aromatic heterocycles. The lowest BCUT2D eigenvalue weighted by atomic mass is 10.4. The minimum Gasteiger partial charge on any atom is -0.460 e. The van der Waals surface area contributed by atoms with Crippen LogP contribution in [0.3, 0.4) is 0 Å². The fourth-order valence-electron chi connectivity index (χ4n) is 1.95. The van der Waals surface area contributed by atoms with Gasteiger partial charge in [0.2, 0.25) is 5.82 Å². The van der Waals surface area contributed by atoms with Crippen molar-refractivity contribution in [2.75, 3.05) is 20.2 Å². The zero-order chi connectivity index (χ0) is 13.1. The predicted octanol–water partition coefficient (Wildman–Crippen LogP) is 0.857. The van der Waals surface area contributed by atoms with Gasteiger partial charge in [-0.1, -0.05) is 0 Å². The lowest BCUT2D eigenvalue weighted by Crippen LogP contribution is -2.27. The van der Waals surface area contributed by atoms with Crippen LogP contribution in [0.25, 0.3) is 0 Å². The van der Waals surface area contributed by atoms with Gasteiger partial charge >= 0.3 is 5.97 Å². The van der Waals surface area contributed by atoms with Crippen LogP contribution in [0.2, 0.25) is 0 Å². The maximum atomic E-state index is 11.7. The summed E-state index contributed by atoms with van der Waals surface area (Å²) in [5.74, 6) is 0.660. The van der Waals surface area contributed by atoms with Gasteiger partial charge in [-0.3, -0.25) is 0 Å². The summed E-state index contributed by atoms with van der Waals surface area (Å²) in [4.78, 5) is 14.0. The van der Waals surface area contributed by atoms with Crippen molar-refractivity contribution in [1.82, 2.24) is 19.7 Å². The first-order valence-corrected chi connectivity index (χ1v) is 6.40. The van der Waals surface area contributed by atoms with Gasteiger partial charge in [0.25, 0.3) is 0 Å². The number of hydrogen-bond donors (Lipinski definition) is 0. The summed E-state index contributed by atoms with van der Waals surface area (Å²) in [6.45, 7) is 5.61. The van der Waals surface area contributed by atoms with E-state index in [-0.39, 0.29) is 0 Å². The Kier molecular flexibility index (Phi) is 3.96. The smallest absolute Gasteiger partial charge is 0.376 e. The van der Waals surface area contributed by atoms with E-state index >= 15 is 0 Å². The summed E-state index contributed by atoms with van der Waals surface area (Å²) in [6.07, 6.45) is 2.56. The molecule has 1 aliphatic carbocycles. The van der Waals surface area contributed by atoms with E-state index in [0.29, 0.717) is 18.5 Å². The number of aromatic nitrogens is 3. The highest BCUT2D eigenvalue weighted by atomic mass is 16.5. The molecule has 6 nitrogen and oxygen atoms in total. The predicted molar refractivity (Wildman–Crippen MR) is 66.4 cm³/mol. The molecule has 0 spiro atoms. The number of carbonyl (C=O) groups excluding carboxylic acids is 1. The van der Waals surface area contributed by atoms with E-state index in [1.54, 1.807) is 6.92 Å². The molecule has 1 aromatic rings. The lowest BCUT2D eigenvalue weighted by Gasteiger charge is -2.16. The third kappa shape index (κ3) is 2.87. The van der Waals surface area contributed by atoms with Crippen LogP contribution in [-0.2, 0) is 11.3 Å². The molecule has 1 fully saturated rings. The normalized spacial score (nSPS) is 15.1. The maximum Gasteiger partial charge on any atom is 0.376 e. The van der Waals surface area contributed by atoms with Crippen LogP contribution >= 0.6 is 0 Å². The zero-order valence-electron chi connectivity index (χ0n) is 11.2. The fourth-order valence-corrected chi connectivity index (χ4v) is 1.95. The highest BCUT2D eigenvalue weighted by Gasteiger charge is 2.26. The molecule has 0 amide bonds. The van der Waals surface area contributed by atoms with E-state index in [4.69, 9.17) is 4.74 Å². The quantitative estimate of drug-likeness (QED) is 0.703. The average molecular weight is 252 g/mol. The molecule has 0 N–H and O–H groups in total. The molecule has 0 radical (unpaired) electrons. The molecule has 0 aliphatic heterocycles. The Morgan fingerprint density at radius 1 is 1.50 bits per heavy atom. The van der Waals surface area contributed by atoms with E-state index in [0.717, 1.165) is 18.9 Å². The van der Waals surface area contributed by atoms with Gasteiger partial charge in [0.1, 0.15) is 5.82 Å². The molecule has 0 bridgehead atoms. The molecule has 0 aromatic carbocycles. The second kappa shape index (κ2) is 5.48. The number of hydrogen-bond acceptors (Lipinski definition) is 5. The molecule has 18 heavy (non-hydrogen) atoms. The monoisotopic (exact) mass is 252 g/mol. The van der Waals surface area contributed by atoms with Crippen LogP contribution in [0.5, 0.6) is 0 Å². The molecular weight excluding hydrogens is 232 g/mol. The zero-order valence-corrected chi connectivity index (χ0v) is 11.2. The topological polar surface area (TPSA) is 60.2 Å². The number of carbonyl (C=O) groups is 1. The van der Waals surface area contributed by atoms with Gasteiger partial charge in [0.05, 0.1) is 6.61 Å². The molecule has 1 saturated carbocycles. The summed E-state index contributed by atoms with van der Waals surface area (Å²) in [6, 6.07) is 0.716. The van der Waals surface area contributed by atoms with Crippen molar-refractivity contribution in [3.63, 3.8) is 0 Å². The van der Waals surface area contributed by atoms with E-state index in [9.17, 15) is 4.79 Å². The van der Waals surface area contributed by atoms with E-state index < -0.39 is 5.97 Å². The van der Waals surface area contributed by atoms with Crippen LogP contribution < -0.4 is 0 Å². The van der Waals surface area contributed by atoms with Crippen molar-refractivity contribution in [3.8, 4) is 0 Å². The molecule has 0 atom stereocenters. The summed E-state index contributed by atoms with van der Waals surface area (Å²) >= 11 is 0. The number of rotatable bonds is 6. The highest BCUT2D eigenvalue weighted by Crippen LogP contribution is 2.25. The Labute approximate surface area is 107 Å². The number of aryl methyl sites for hydroxylation is 1. The fraction of sp³-hybridized carbons (Fsp3) is 0.750. The maximum absolute atomic E-state index is 11.7. The first-order valence-electron chi connectivity index (χ1n) is 6.40. The SMILES string of the molecule is CCOC(=O)c1nnc(C)n1CCN(C)C1CC1.